The molecular weight excluding hydrogens is 404 g/mol. The van der Waals surface area contributed by atoms with Crippen LogP contribution in [0.5, 0.6) is 0 Å². The average molecular weight is 437 g/mol. The van der Waals surface area contributed by atoms with E-state index in [9.17, 15) is 5.11 Å². The van der Waals surface area contributed by atoms with Crippen molar-refractivity contribution in [1.29, 1.82) is 0 Å². The first-order chi connectivity index (χ1) is 15.3. The van der Waals surface area contributed by atoms with E-state index in [1.165, 1.54) is 11.1 Å². The highest BCUT2D eigenvalue weighted by molar-refractivity contribution is 5.81. The lowest BCUT2D eigenvalue weighted by molar-refractivity contribution is -0.00214. The summed E-state index contributed by atoms with van der Waals surface area (Å²) in [6.07, 6.45) is 5.41. The molecule has 2 aromatic heterocycles. The van der Waals surface area contributed by atoms with Gasteiger partial charge < -0.3 is 15.2 Å². The molecule has 2 unspecified atom stereocenters. The molecule has 170 valence electrons. The first kappa shape index (κ1) is 21.3. The van der Waals surface area contributed by atoms with Crippen molar-refractivity contribution in [2.75, 3.05) is 31.6 Å². The number of rotatable bonds is 4. The highest BCUT2D eigenvalue weighted by Gasteiger charge is 2.44. The SMILES string of the molecule is Cc1cc2cnc(Nc3cnn(C)c3C)nc2cc1C1CCN(C2(C)COCC2O)CC1. The number of anilines is 2. The second-order valence-corrected chi connectivity index (χ2v) is 9.50. The number of benzene rings is 1. The van der Waals surface area contributed by atoms with Crippen LogP contribution in [0.25, 0.3) is 10.9 Å². The van der Waals surface area contributed by atoms with Gasteiger partial charge >= 0.3 is 0 Å². The number of piperidine rings is 1. The van der Waals surface area contributed by atoms with Crippen molar-refractivity contribution >= 4 is 22.5 Å². The fourth-order valence-electron chi connectivity index (χ4n) is 5.11. The second-order valence-electron chi connectivity index (χ2n) is 9.50. The number of ether oxygens (including phenoxy) is 1. The fourth-order valence-corrected chi connectivity index (χ4v) is 5.11. The molecule has 32 heavy (non-hydrogen) atoms. The minimum absolute atomic E-state index is 0.262. The summed E-state index contributed by atoms with van der Waals surface area (Å²) >= 11 is 0. The Kier molecular flexibility index (Phi) is 5.39. The minimum atomic E-state index is -0.410. The van der Waals surface area contributed by atoms with E-state index in [4.69, 9.17) is 9.72 Å². The van der Waals surface area contributed by atoms with E-state index < -0.39 is 6.10 Å². The standard InChI is InChI=1S/C24H32N6O2/c1-15-9-18-11-25-23(28-21-12-26-29(4)16(21)2)27-20(18)10-19(15)17-5-7-30(8-6-17)24(3)14-32-13-22(24)31/h9-12,17,22,31H,5-8,13-14H2,1-4H3,(H,25,27,28). The van der Waals surface area contributed by atoms with Gasteiger partial charge in [0.15, 0.2) is 0 Å². The maximum absolute atomic E-state index is 10.4. The Morgan fingerprint density at radius 2 is 1.97 bits per heavy atom. The average Bonchev–Trinajstić information content (AvgIpc) is 3.30. The number of hydrogen-bond donors (Lipinski definition) is 2. The zero-order valence-electron chi connectivity index (χ0n) is 19.3. The molecule has 2 saturated heterocycles. The highest BCUT2D eigenvalue weighted by Crippen LogP contribution is 2.36. The Morgan fingerprint density at radius 1 is 1.19 bits per heavy atom. The van der Waals surface area contributed by atoms with E-state index in [1.807, 2.05) is 24.9 Å². The molecule has 1 aromatic carbocycles. The first-order valence-electron chi connectivity index (χ1n) is 11.4. The number of aliphatic hydroxyl groups excluding tert-OH is 1. The van der Waals surface area contributed by atoms with E-state index in [0.29, 0.717) is 25.1 Å². The van der Waals surface area contributed by atoms with Gasteiger partial charge in [-0.15, -0.1) is 0 Å². The second kappa shape index (κ2) is 8.10. The molecular formula is C24H32N6O2. The van der Waals surface area contributed by atoms with Crippen LogP contribution in [0.15, 0.2) is 24.5 Å². The van der Waals surface area contributed by atoms with Gasteiger partial charge in [0.1, 0.15) is 0 Å². The first-order valence-corrected chi connectivity index (χ1v) is 11.4. The van der Waals surface area contributed by atoms with Crippen LogP contribution in [0.3, 0.4) is 0 Å². The van der Waals surface area contributed by atoms with E-state index in [2.05, 4.69) is 46.3 Å². The number of likely N-dealkylation sites (tertiary alicyclic amines) is 1. The van der Waals surface area contributed by atoms with Crippen LogP contribution < -0.4 is 5.32 Å². The zero-order valence-corrected chi connectivity index (χ0v) is 19.3. The largest absolute Gasteiger partial charge is 0.389 e. The molecule has 2 aliphatic rings. The topological polar surface area (TPSA) is 88.3 Å². The number of nitrogens with one attached hydrogen (secondary N) is 1. The third kappa shape index (κ3) is 3.66. The number of hydrogen-bond acceptors (Lipinski definition) is 7. The van der Waals surface area contributed by atoms with Gasteiger partial charge in [-0.2, -0.15) is 5.10 Å². The Bertz CT molecular complexity index is 1140. The van der Waals surface area contributed by atoms with Crippen molar-refractivity contribution in [2.24, 2.45) is 7.05 Å². The smallest absolute Gasteiger partial charge is 0.227 e. The van der Waals surface area contributed by atoms with Gasteiger partial charge in [0.25, 0.3) is 0 Å². The lowest BCUT2D eigenvalue weighted by Crippen LogP contribution is -2.56. The van der Waals surface area contributed by atoms with Gasteiger partial charge in [-0.25, -0.2) is 9.97 Å². The number of aryl methyl sites for hydroxylation is 2. The number of aliphatic hydroxyl groups is 1. The molecule has 0 bridgehead atoms. The lowest BCUT2D eigenvalue weighted by atomic mass is 9.84. The zero-order chi connectivity index (χ0) is 22.5. The van der Waals surface area contributed by atoms with Crippen molar-refractivity contribution in [3.63, 3.8) is 0 Å². The maximum atomic E-state index is 10.4. The third-order valence-corrected chi connectivity index (χ3v) is 7.49. The predicted molar refractivity (Wildman–Crippen MR) is 124 cm³/mol. The Balaban J connectivity index is 1.36. The van der Waals surface area contributed by atoms with E-state index in [-0.39, 0.29) is 5.54 Å². The van der Waals surface area contributed by atoms with Crippen molar-refractivity contribution in [3.8, 4) is 0 Å². The molecule has 0 aliphatic carbocycles. The molecule has 2 aliphatic heterocycles. The Morgan fingerprint density at radius 3 is 2.62 bits per heavy atom. The van der Waals surface area contributed by atoms with Gasteiger partial charge in [-0.1, -0.05) is 0 Å². The monoisotopic (exact) mass is 436 g/mol. The van der Waals surface area contributed by atoms with E-state index >= 15 is 0 Å². The summed E-state index contributed by atoms with van der Waals surface area (Å²) in [5, 5.41) is 19.0. The molecule has 0 amide bonds. The quantitative estimate of drug-likeness (QED) is 0.650. The molecule has 8 heteroatoms. The normalized spacial score (nSPS) is 25.0. The van der Waals surface area contributed by atoms with Crippen LogP contribution in [0.2, 0.25) is 0 Å². The molecule has 3 aromatic rings. The molecule has 4 heterocycles. The molecule has 0 saturated carbocycles. The summed E-state index contributed by atoms with van der Waals surface area (Å²) in [5.41, 5.74) is 5.31. The molecule has 0 radical (unpaired) electrons. The van der Waals surface area contributed by atoms with Crippen molar-refractivity contribution in [3.05, 3.63) is 41.3 Å². The summed E-state index contributed by atoms with van der Waals surface area (Å²) in [6.45, 7) is 9.31. The number of nitrogens with zero attached hydrogens (tertiary/aromatic N) is 5. The highest BCUT2D eigenvalue weighted by atomic mass is 16.5. The predicted octanol–water partition coefficient (Wildman–Crippen LogP) is 3.05. The summed E-state index contributed by atoms with van der Waals surface area (Å²) in [7, 11) is 1.92. The molecule has 8 nitrogen and oxygen atoms in total. The molecule has 2 fully saturated rings. The van der Waals surface area contributed by atoms with Crippen LogP contribution in [0.1, 0.15) is 42.5 Å². The van der Waals surface area contributed by atoms with Gasteiger partial charge in [0, 0.05) is 18.6 Å². The Labute approximate surface area is 188 Å². The van der Waals surface area contributed by atoms with Gasteiger partial charge in [0.05, 0.1) is 48.0 Å². The molecule has 5 rings (SSSR count). The molecule has 2 atom stereocenters. The van der Waals surface area contributed by atoms with E-state index in [0.717, 1.165) is 48.2 Å². The number of fused-ring (bicyclic) bond motifs is 1. The maximum Gasteiger partial charge on any atom is 0.227 e. The van der Waals surface area contributed by atoms with Crippen LogP contribution in [0, 0.1) is 13.8 Å². The van der Waals surface area contributed by atoms with Crippen LogP contribution in [-0.4, -0.2) is 67.7 Å². The van der Waals surface area contributed by atoms with Gasteiger partial charge in [-0.05, 0) is 75.9 Å². The van der Waals surface area contributed by atoms with Gasteiger partial charge in [-0.3, -0.25) is 9.58 Å². The summed E-state index contributed by atoms with van der Waals surface area (Å²) in [5.74, 6) is 1.08. The summed E-state index contributed by atoms with van der Waals surface area (Å²) in [6, 6.07) is 4.44. The fraction of sp³-hybridized carbons (Fsp3) is 0.542. The van der Waals surface area contributed by atoms with Crippen LogP contribution >= 0.6 is 0 Å². The molecule has 0 spiro atoms. The van der Waals surface area contributed by atoms with Crippen molar-refractivity contribution < 1.29 is 9.84 Å². The lowest BCUT2D eigenvalue weighted by Gasteiger charge is -2.43. The molecule has 2 N–H and O–H groups in total. The van der Waals surface area contributed by atoms with Crippen LogP contribution in [0.4, 0.5) is 11.6 Å². The minimum Gasteiger partial charge on any atom is -0.389 e. The number of aromatic nitrogens is 4. The van der Waals surface area contributed by atoms with Gasteiger partial charge in [0.2, 0.25) is 5.95 Å². The third-order valence-electron chi connectivity index (χ3n) is 7.49. The van der Waals surface area contributed by atoms with Crippen LogP contribution in [-0.2, 0) is 11.8 Å². The van der Waals surface area contributed by atoms with Crippen molar-refractivity contribution in [2.45, 2.75) is 51.2 Å². The van der Waals surface area contributed by atoms with Crippen molar-refractivity contribution in [1.82, 2.24) is 24.6 Å². The summed E-state index contributed by atoms with van der Waals surface area (Å²) in [4.78, 5) is 11.7. The Hall–Kier alpha value is -2.55. The van der Waals surface area contributed by atoms with E-state index in [1.54, 1.807) is 6.20 Å². The summed E-state index contributed by atoms with van der Waals surface area (Å²) < 4.78 is 7.38.